The highest BCUT2D eigenvalue weighted by Gasteiger charge is 2.37. The molecule has 17 aromatic rings. The Morgan fingerprint density at radius 1 is 0.284 bits per heavy atom. The van der Waals surface area contributed by atoms with E-state index in [2.05, 4.69) is 318 Å². The molecule has 0 aliphatic carbocycles. The molecular formula is C87H74N8. The van der Waals surface area contributed by atoms with Crippen LogP contribution in [0.5, 0.6) is 0 Å². The van der Waals surface area contributed by atoms with Gasteiger partial charge in [-0.2, -0.15) is 5.26 Å². The van der Waals surface area contributed by atoms with Gasteiger partial charge in [0.1, 0.15) is 11.6 Å². The Labute approximate surface area is 553 Å². The molecule has 0 amide bonds. The zero-order chi connectivity index (χ0) is 65.4. The first-order chi connectivity index (χ1) is 45.7. The molecule has 17 rings (SSSR count). The predicted molar refractivity (Wildman–Crippen MR) is 399 cm³/mol. The molecule has 0 spiro atoms. The van der Waals surface area contributed by atoms with Gasteiger partial charge in [-0.05, 0) is 135 Å². The summed E-state index contributed by atoms with van der Waals surface area (Å²) in [7, 11) is 0. The molecule has 7 aromatic heterocycles. The first-order valence-corrected chi connectivity index (χ1v) is 33.3. The summed E-state index contributed by atoms with van der Waals surface area (Å²) in [6.45, 7) is 27.5. The van der Waals surface area contributed by atoms with E-state index < -0.39 is 0 Å². The smallest absolute Gasteiger partial charge is 0.104 e. The van der Waals surface area contributed by atoms with Gasteiger partial charge < -0.3 is 22.8 Å². The molecule has 10 aromatic carbocycles. The van der Waals surface area contributed by atoms with E-state index in [9.17, 15) is 5.26 Å². The zero-order valence-corrected chi connectivity index (χ0v) is 56.0. The van der Waals surface area contributed by atoms with Crippen LogP contribution >= 0.6 is 0 Å². The molecule has 0 N–H and O–H groups in total. The second-order valence-corrected chi connectivity index (χ2v) is 30.2. The lowest BCUT2D eigenvalue weighted by atomic mass is 9.86. The zero-order valence-electron chi connectivity index (χ0n) is 56.0. The predicted octanol–water partition coefficient (Wildman–Crippen LogP) is 22.7. The van der Waals surface area contributed by atoms with Gasteiger partial charge in [0.2, 0.25) is 0 Å². The van der Waals surface area contributed by atoms with E-state index in [-0.39, 0.29) is 21.7 Å². The highest BCUT2D eigenvalue weighted by atomic mass is 15.1. The van der Waals surface area contributed by atoms with E-state index >= 15 is 0 Å². The summed E-state index contributed by atoms with van der Waals surface area (Å²) >= 11 is 0. The fourth-order valence-corrected chi connectivity index (χ4v) is 15.5. The van der Waals surface area contributed by atoms with Crippen LogP contribution in [-0.4, -0.2) is 32.8 Å². The second-order valence-electron chi connectivity index (χ2n) is 30.2. The molecule has 95 heavy (non-hydrogen) atoms. The molecule has 0 atom stereocenters. The van der Waals surface area contributed by atoms with Crippen molar-refractivity contribution in [2.45, 2.75) is 105 Å². The summed E-state index contributed by atoms with van der Waals surface area (Å²) in [5.41, 5.74) is 21.0. The maximum atomic E-state index is 13.5. The third kappa shape index (κ3) is 8.57. The Morgan fingerprint density at radius 2 is 0.568 bits per heavy atom. The number of rotatable bonds is 6. The number of benzene rings is 10. The van der Waals surface area contributed by atoms with Crippen molar-refractivity contribution in [3.8, 4) is 45.6 Å². The van der Waals surface area contributed by atoms with E-state index in [0.29, 0.717) is 5.56 Å². The fourth-order valence-electron chi connectivity index (χ4n) is 15.5. The van der Waals surface area contributed by atoms with Crippen molar-refractivity contribution >= 4 is 109 Å². The minimum Gasteiger partial charge on any atom is -0.308 e. The van der Waals surface area contributed by atoms with E-state index in [4.69, 9.17) is 9.97 Å². The minimum absolute atomic E-state index is 0.154. The number of fused-ring (bicyclic) bond motifs is 15. The summed E-state index contributed by atoms with van der Waals surface area (Å²) in [4.78, 5) is 9.51. The van der Waals surface area contributed by atoms with Crippen molar-refractivity contribution < 1.29 is 0 Å². The van der Waals surface area contributed by atoms with Crippen LogP contribution in [0.15, 0.2) is 231 Å². The lowest BCUT2D eigenvalue weighted by molar-refractivity contribution is 0.591. The number of pyridine rings is 2. The fraction of sp³-hybridized carbons (Fsp3) is 0.184. The molecule has 0 saturated heterocycles. The number of aromatic nitrogens is 7. The first-order valence-electron chi connectivity index (χ1n) is 33.3. The van der Waals surface area contributed by atoms with Crippen LogP contribution in [0.2, 0.25) is 0 Å². The average Bonchev–Trinajstić information content (AvgIpc) is 1.59. The molecule has 0 aliphatic rings. The van der Waals surface area contributed by atoms with Gasteiger partial charge in [-0.15, -0.1) is 0 Å². The number of nitrogens with zero attached hydrogens (tertiary/aromatic N) is 8. The number of para-hydroxylation sites is 5. The van der Waals surface area contributed by atoms with Crippen molar-refractivity contribution in [2.24, 2.45) is 0 Å². The molecule has 0 unspecified atom stereocenters. The lowest BCUT2D eigenvalue weighted by Crippen LogP contribution is -2.17. The Morgan fingerprint density at radius 3 is 0.895 bits per heavy atom. The molecule has 462 valence electrons. The van der Waals surface area contributed by atoms with Gasteiger partial charge in [0, 0.05) is 89.8 Å². The van der Waals surface area contributed by atoms with E-state index in [1.54, 1.807) is 0 Å². The molecule has 8 heteroatoms. The van der Waals surface area contributed by atoms with E-state index in [0.717, 1.165) is 149 Å². The molecule has 0 radical (unpaired) electrons. The van der Waals surface area contributed by atoms with Crippen molar-refractivity contribution in [3.05, 3.63) is 259 Å². The monoisotopic (exact) mass is 1230 g/mol. The van der Waals surface area contributed by atoms with Crippen molar-refractivity contribution in [2.75, 3.05) is 0 Å². The van der Waals surface area contributed by atoms with E-state index in [1.807, 2.05) is 24.8 Å². The van der Waals surface area contributed by atoms with Crippen LogP contribution < -0.4 is 0 Å². The van der Waals surface area contributed by atoms with Crippen LogP contribution in [-0.2, 0) is 21.7 Å². The van der Waals surface area contributed by atoms with Crippen LogP contribution in [0.1, 0.15) is 111 Å². The van der Waals surface area contributed by atoms with Crippen molar-refractivity contribution in [1.82, 2.24) is 32.8 Å². The number of hydrogen-bond acceptors (Lipinski definition) is 3. The Kier molecular flexibility index (Phi) is 12.5. The highest BCUT2D eigenvalue weighted by molar-refractivity contribution is 6.18. The molecule has 7 heterocycles. The molecule has 0 fully saturated rings. The summed E-state index contributed by atoms with van der Waals surface area (Å²) in [6.07, 6.45) is 7.75. The quantitative estimate of drug-likeness (QED) is 0.166. The van der Waals surface area contributed by atoms with Crippen LogP contribution in [0, 0.1) is 11.3 Å². The van der Waals surface area contributed by atoms with Crippen LogP contribution in [0.3, 0.4) is 0 Å². The first kappa shape index (κ1) is 57.9. The van der Waals surface area contributed by atoms with Gasteiger partial charge in [-0.1, -0.05) is 198 Å². The van der Waals surface area contributed by atoms with Gasteiger partial charge in [0.05, 0.1) is 83.6 Å². The Hall–Kier alpha value is -11.0. The third-order valence-corrected chi connectivity index (χ3v) is 20.3. The van der Waals surface area contributed by atoms with Crippen molar-refractivity contribution in [3.63, 3.8) is 0 Å². The largest absolute Gasteiger partial charge is 0.308 e. The highest BCUT2D eigenvalue weighted by Crippen LogP contribution is 2.54. The lowest BCUT2D eigenvalue weighted by Gasteiger charge is -2.30. The molecule has 0 bridgehead atoms. The Bertz CT molecular complexity index is 5810. The SMILES string of the molecule is CC(C)(C)c1ccc2c(c1)c1ccccc1n2-c1c(C#N)c(-n2c3ccccc3c3cc(C(C)(C)C)ccc32)c(-n2c3ccccc3c3cc(C(C)(C)C)ccc32)c(-c2ccccc2-n2c3ccncc3c3cnccc32)c1-n1c2ccccc2c2cc(C(C)(C)C)ccc21. The summed E-state index contributed by atoms with van der Waals surface area (Å²) in [5.74, 6) is 0. The number of nitriles is 1. The van der Waals surface area contributed by atoms with Gasteiger partial charge in [0.25, 0.3) is 0 Å². The molecular weight excluding hydrogens is 1160 g/mol. The molecule has 8 nitrogen and oxygen atoms in total. The maximum absolute atomic E-state index is 13.5. The molecule has 0 saturated carbocycles. The second kappa shape index (κ2) is 20.5. The molecule has 0 aliphatic heterocycles. The third-order valence-electron chi connectivity index (χ3n) is 20.3. The summed E-state index contributed by atoms with van der Waals surface area (Å²) < 4.78 is 12.4. The van der Waals surface area contributed by atoms with Gasteiger partial charge in [0.15, 0.2) is 0 Å². The van der Waals surface area contributed by atoms with E-state index in [1.165, 1.54) is 22.3 Å². The van der Waals surface area contributed by atoms with Gasteiger partial charge in [-0.25, -0.2) is 0 Å². The standard InChI is InChI=1S/C87H74N8/c1-84(2,3)52-33-37-73-61(45-52)56-23-13-18-28-68(56)92(73)80-65(49-88)81(93-69-29-19-14-24-57(69)62-46-53(85(4,5)6)34-38-74(62)93)83(95-71-31-21-16-26-59(71)64-48-55(87(10,11)12)36-40-76(64)95)79(82(80)94-70-30-20-15-25-58(70)63-47-54(86(7,8)9)35-39-75(63)94)60-27-17-22-32-72(60)91-77-41-43-89-50-66(77)67-51-90-44-42-78(67)91/h13-48,50-51H,1-12H3. The van der Waals surface area contributed by atoms with Crippen LogP contribution in [0.4, 0.5) is 0 Å². The van der Waals surface area contributed by atoms with Crippen LogP contribution in [0.25, 0.3) is 149 Å². The van der Waals surface area contributed by atoms with Gasteiger partial charge in [-0.3, -0.25) is 9.97 Å². The summed E-state index contributed by atoms with van der Waals surface area (Å²) in [6, 6.07) is 80.2. The van der Waals surface area contributed by atoms with Gasteiger partial charge >= 0.3 is 0 Å². The minimum atomic E-state index is -0.156. The summed E-state index contributed by atoms with van der Waals surface area (Å²) in [5, 5.41) is 24.5. The normalized spacial score (nSPS) is 12.8. The van der Waals surface area contributed by atoms with Crippen molar-refractivity contribution in [1.29, 1.82) is 5.26 Å². The number of hydrogen-bond donors (Lipinski definition) is 0. The average molecular weight is 1230 g/mol. The Balaban J connectivity index is 1.23. The topological polar surface area (TPSA) is 74.2 Å². The maximum Gasteiger partial charge on any atom is 0.104 e.